The van der Waals surface area contributed by atoms with E-state index in [9.17, 15) is 0 Å². The lowest BCUT2D eigenvalue weighted by atomic mass is 9.92. The number of fused-ring (bicyclic) bond motifs is 4. The highest BCUT2D eigenvalue weighted by Crippen LogP contribution is 2.37. The fourth-order valence-corrected chi connectivity index (χ4v) is 6.62. The summed E-state index contributed by atoms with van der Waals surface area (Å²) >= 11 is 0. The fraction of sp³-hybridized carbons (Fsp3) is 0. The Labute approximate surface area is 273 Å². The summed E-state index contributed by atoms with van der Waals surface area (Å²) in [5.41, 5.74) is 15.2. The second-order valence-electron chi connectivity index (χ2n) is 11.9. The van der Waals surface area contributed by atoms with Crippen molar-refractivity contribution in [1.82, 2.24) is 14.5 Å². The largest absolute Gasteiger partial charge is 0.293 e. The molecule has 220 valence electrons. The Morgan fingerprint density at radius 2 is 0.787 bits per heavy atom. The van der Waals surface area contributed by atoms with Crippen LogP contribution in [0.3, 0.4) is 0 Å². The van der Waals surface area contributed by atoms with Crippen LogP contribution >= 0.6 is 0 Å². The third kappa shape index (κ3) is 4.86. The number of rotatable bonds is 5. The first-order valence-electron chi connectivity index (χ1n) is 15.9. The maximum Gasteiger partial charge on any atom is 0.165 e. The Hall–Kier alpha value is -6.32. The first-order chi connectivity index (χ1) is 23.3. The van der Waals surface area contributed by atoms with Crippen molar-refractivity contribution in [3.05, 3.63) is 176 Å². The lowest BCUT2D eigenvalue weighted by Gasteiger charge is -2.12. The van der Waals surface area contributed by atoms with E-state index in [0.29, 0.717) is 0 Å². The van der Waals surface area contributed by atoms with Gasteiger partial charge < -0.3 is 0 Å². The Balaban J connectivity index is 1.24. The molecule has 0 spiro atoms. The van der Waals surface area contributed by atoms with Gasteiger partial charge in [-0.05, 0) is 99.1 Å². The molecule has 7 aromatic carbocycles. The number of nitrogens with zero attached hydrogens (tertiary/aromatic N) is 3. The van der Waals surface area contributed by atoms with Gasteiger partial charge in [-0.3, -0.25) is 4.57 Å². The van der Waals surface area contributed by atoms with Crippen LogP contribution in [0.25, 0.3) is 83.3 Å². The zero-order valence-corrected chi connectivity index (χ0v) is 25.6. The van der Waals surface area contributed by atoms with Crippen molar-refractivity contribution in [2.24, 2.45) is 0 Å². The molecule has 0 N–H and O–H groups in total. The monoisotopic (exact) mass is 599 g/mol. The predicted octanol–water partition coefficient (Wildman–Crippen LogP) is 11.4. The van der Waals surface area contributed by atoms with Crippen molar-refractivity contribution >= 4 is 33.1 Å². The minimum atomic E-state index is 0.860. The number of para-hydroxylation sites is 3. The average molecular weight is 600 g/mol. The molecule has 0 bridgehead atoms. The molecular weight excluding hydrogens is 571 g/mol. The molecule has 0 unspecified atom stereocenters. The minimum absolute atomic E-state index is 0.860. The maximum atomic E-state index is 5.17. The Bertz CT molecular complexity index is 2530. The van der Waals surface area contributed by atoms with E-state index in [1.165, 1.54) is 33.4 Å². The Morgan fingerprint density at radius 3 is 1.40 bits per heavy atom. The van der Waals surface area contributed by atoms with Gasteiger partial charge in [-0.1, -0.05) is 121 Å². The smallest absolute Gasteiger partial charge is 0.165 e. The molecule has 0 saturated heterocycles. The molecule has 0 aliphatic rings. The zero-order chi connectivity index (χ0) is 31.2. The van der Waals surface area contributed by atoms with E-state index in [1.807, 2.05) is 30.3 Å². The molecule has 47 heavy (non-hydrogen) atoms. The summed E-state index contributed by atoms with van der Waals surface area (Å²) in [6, 6.07) is 62.2. The highest BCUT2D eigenvalue weighted by Gasteiger charge is 2.17. The van der Waals surface area contributed by atoms with Crippen LogP contribution in [0.4, 0.5) is 0 Å². The molecule has 2 heterocycles. The second kappa shape index (κ2) is 11.2. The van der Waals surface area contributed by atoms with Crippen LogP contribution in [0.1, 0.15) is 0 Å². The van der Waals surface area contributed by atoms with E-state index in [4.69, 9.17) is 9.97 Å². The van der Waals surface area contributed by atoms with Gasteiger partial charge in [0.1, 0.15) is 5.52 Å². The minimum Gasteiger partial charge on any atom is -0.293 e. The van der Waals surface area contributed by atoms with Gasteiger partial charge in [0.05, 0.1) is 16.6 Å². The molecule has 9 rings (SSSR count). The third-order valence-corrected chi connectivity index (χ3v) is 8.97. The third-order valence-electron chi connectivity index (χ3n) is 8.97. The molecule has 0 amide bonds. The first-order valence-corrected chi connectivity index (χ1v) is 15.9. The summed E-state index contributed by atoms with van der Waals surface area (Å²) < 4.78 is 2.23. The molecule has 0 aliphatic carbocycles. The van der Waals surface area contributed by atoms with Gasteiger partial charge in [0.25, 0.3) is 0 Å². The second-order valence-corrected chi connectivity index (χ2v) is 11.9. The number of hydrogen-bond acceptors (Lipinski definition) is 2. The highest BCUT2D eigenvalue weighted by atomic mass is 15.1. The van der Waals surface area contributed by atoms with Crippen molar-refractivity contribution in [3.63, 3.8) is 0 Å². The topological polar surface area (TPSA) is 30.7 Å². The number of hydrogen-bond donors (Lipinski definition) is 0. The average Bonchev–Trinajstić information content (AvgIpc) is 3.47. The van der Waals surface area contributed by atoms with Crippen LogP contribution in [-0.4, -0.2) is 14.5 Å². The summed E-state index contributed by atoms with van der Waals surface area (Å²) in [6.45, 7) is 0. The van der Waals surface area contributed by atoms with Gasteiger partial charge in [0.15, 0.2) is 5.65 Å². The SMILES string of the molecule is c1ccc(-c2ccc(-c3cc(-c4ccccc4)cc(-c4ccc5c(c4)c4nc6ccccc6nc4n5-c4ccccc4)c3)cc2)cc1. The van der Waals surface area contributed by atoms with Crippen LogP contribution < -0.4 is 0 Å². The maximum absolute atomic E-state index is 5.17. The summed E-state index contributed by atoms with van der Waals surface area (Å²) in [7, 11) is 0. The van der Waals surface area contributed by atoms with Crippen molar-refractivity contribution in [2.75, 3.05) is 0 Å². The molecule has 3 nitrogen and oxygen atoms in total. The Morgan fingerprint density at radius 1 is 0.340 bits per heavy atom. The lowest BCUT2D eigenvalue weighted by Crippen LogP contribution is -1.96. The van der Waals surface area contributed by atoms with E-state index < -0.39 is 0 Å². The summed E-state index contributed by atoms with van der Waals surface area (Å²) in [5, 5.41) is 1.08. The van der Waals surface area contributed by atoms with Crippen molar-refractivity contribution in [2.45, 2.75) is 0 Å². The van der Waals surface area contributed by atoms with Crippen LogP contribution in [0.2, 0.25) is 0 Å². The summed E-state index contributed by atoms with van der Waals surface area (Å²) in [4.78, 5) is 10.3. The molecular formula is C44H29N3. The normalized spacial score (nSPS) is 11.4. The number of aromatic nitrogens is 3. The van der Waals surface area contributed by atoms with Crippen molar-refractivity contribution in [1.29, 1.82) is 0 Å². The summed E-state index contributed by atoms with van der Waals surface area (Å²) in [6.07, 6.45) is 0. The standard InChI is InChI=1S/C44H29N3/c1-4-12-30(13-5-1)32-20-22-33(23-21-32)36-26-35(31-14-6-2-7-15-31)27-37(28-36)34-24-25-42-39(29-34)43-44(47(42)38-16-8-3-9-17-38)46-41-19-11-10-18-40(41)45-43/h1-29H. The van der Waals surface area contributed by atoms with Gasteiger partial charge in [0, 0.05) is 11.1 Å². The highest BCUT2D eigenvalue weighted by molar-refractivity contribution is 6.09. The van der Waals surface area contributed by atoms with E-state index in [1.54, 1.807) is 0 Å². The molecule has 0 saturated carbocycles. The van der Waals surface area contributed by atoms with E-state index in [2.05, 4.69) is 150 Å². The van der Waals surface area contributed by atoms with Gasteiger partial charge in [-0.15, -0.1) is 0 Å². The molecule has 0 atom stereocenters. The molecule has 2 aromatic heterocycles. The fourth-order valence-electron chi connectivity index (χ4n) is 6.62. The van der Waals surface area contributed by atoms with E-state index >= 15 is 0 Å². The molecule has 0 fully saturated rings. The van der Waals surface area contributed by atoms with Crippen molar-refractivity contribution in [3.8, 4) is 50.2 Å². The van der Waals surface area contributed by atoms with Gasteiger partial charge in [0.2, 0.25) is 0 Å². The van der Waals surface area contributed by atoms with Crippen LogP contribution in [0.5, 0.6) is 0 Å². The van der Waals surface area contributed by atoms with Crippen LogP contribution in [0.15, 0.2) is 176 Å². The van der Waals surface area contributed by atoms with Crippen LogP contribution in [-0.2, 0) is 0 Å². The van der Waals surface area contributed by atoms with Crippen molar-refractivity contribution < 1.29 is 0 Å². The van der Waals surface area contributed by atoms with Gasteiger partial charge >= 0.3 is 0 Å². The first kappa shape index (κ1) is 27.0. The predicted molar refractivity (Wildman–Crippen MR) is 196 cm³/mol. The quantitative estimate of drug-likeness (QED) is 0.197. The molecule has 0 radical (unpaired) electrons. The zero-order valence-electron chi connectivity index (χ0n) is 25.6. The molecule has 9 aromatic rings. The summed E-state index contributed by atoms with van der Waals surface area (Å²) in [5.74, 6) is 0. The molecule has 3 heteroatoms. The number of benzene rings is 7. The van der Waals surface area contributed by atoms with Gasteiger partial charge in [-0.2, -0.15) is 0 Å². The van der Waals surface area contributed by atoms with E-state index in [-0.39, 0.29) is 0 Å². The van der Waals surface area contributed by atoms with E-state index in [0.717, 1.165) is 49.9 Å². The van der Waals surface area contributed by atoms with Gasteiger partial charge in [-0.25, -0.2) is 9.97 Å². The Kier molecular flexibility index (Phi) is 6.46. The lowest BCUT2D eigenvalue weighted by molar-refractivity contribution is 1.14. The van der Waals surface area contributed by atoms with Crippen LogP contribution in [0, 0.1) is 0 Å². The molecule has 0 aliphatic heterocycles.